The van der Waals surface area contributed by atoms with Gasteiger partial charge in [-0.3, -0.25) is 0 Å². The molecule has 1 aromatic carbocycles. The first kappa shape index (κ1) is 25.4. The molecular weight excluding hydrogens is 402 g/mol. The Kier molecular flexibility index (Phi) is 10.5. The smallest absolute Gasteiger partial charge is 0.328 e. The SMILES string of the molecule is CC(C)(C)C/C(=N\O)c1ccc(OCCCc2cnc[nH]2)cc1.O=C(O)/C=C\C(=O)O. The summed E-state index contributed by atoms with van der Waals surface area (Å²) in [5, 5.41) is 28.3. The molecule has 0 fully saturated rings. The highest BCUT2D eigenvalue weighted by molar-refractivity contribution is 6.00. The van der Waals surface area contributed by atoms with E-state index < -0.39 is 11.9 Å². The van der Waals surface area contributed by atoms with Crippen molar-refractivity contribution in [2.75, 3.05) is 6.61 Å². The minimum Gasteiger partial charge on any atom is -0.494 e. The van der Waals surface area contributed by atoms with E-state index in [1.165, 1.54) is 0 Å². The number of aromatic nitrogens is 2. The standard InChI is InChI=1S/C18H25N3O2.C4H4O4/c1-18(2,3)11-17(21-22)14-6-8-16(9-7-14)23-10-4-5-15-12-19-13-20-15;5-3(6)1-2-4(7)8/h6-9,12-13,22H,4-5,10-11H2,1-3H3,(H,19,20);1-2H,(H,5,6)(H,7,8)/b21-17+;2-1-. The number of benzene rings is 1. The number of aliphatic carboxylic acids is 2. The van der Waals surface area contributed by atoms with Crippen molar-refractivity contribution < 1.29 is 29.7 Å². The van der Waals surface area contributed by atoms with Gasteiger partial charge in [0, 0.05) is 24.0 Å². The summed E-state index contributed by atoms with van der Waals surface area (Å²) < 4.78 is 5.74. The monoisotopic (exact) mass is 431 g/mol. The highest BCUT2D eigenvalue weighted by Gasteiger charge is 2.16. The Morgan fingerprint density at radius 2 is 1.74 bits per heavy atom. The van der Waals surface area contributed by atoms with Crippen molar-refractivity contribution in [3.05, 3.63) is 60.2 Å². The average Bonchev–Trinajstić information content (AvgIpc) is 3.22. The van der Waals surface area contributed by atoms with Crippen molar-refractivity contribution in [1.29, 1.82) is 0 Å². The maximum atomic E-state index is 9.55. The van der Waals surface area contributed by atoms with Gasteiger partial charge in [0.25, 0.3) is 0 Å². The van der Waals surface area contributed by atoms with Crippen molar-refractivity contribution in [1.82, 2.24) is 9.97 Å². The van der Waals surface area contributed by atoms with Gasteiger partial charge in [0.1, 0.15) is 5.75 Å². The van der Waals surface area contributed by atoms with E-state index in [0.29, 0.717) is 30.9 Å². The van der Waals surface area contributed by atoms with Crippen molar-refractivity contribution in [2.45, 2.75) is 40.0 Å². The second-order valence-electron chi connectivity index (χ2n) is 7.85. The Bertz CT molecular complexity index is 850. The van der Waals surface area contributed by atoms with Crippen LogP contribution >= 0.6 is 0 Å². The van der Waals surface area contributed by atoms with Crippen LogP contribution in [0.3, 0.4) is 0 Å². The molecule has 0 amide bonds. The Hall–Kier alpha value is -3.62. The second kappa shape index (κ2) is 12.8. The van der Waals surface area contributed by atoms with Crippen molar-refractivity contribution in [3.8, 4) is 5.75 Å². The molecule has 0 unspecified atom stereocenters. The topological polar surface area (TPSA) is 145 Å². The Morgan fingerprint density at radius 3 is 2.19 bits per heavy atom. The molecule has 0 saturated carbocycles. The average molecular weight is 431 g/mol. The number of ether oxygens (including phenoxy) is 1. The van der Waals surface area contributed by atoms with Crippen LogP contribution in [0.2, 0.25) is 0 Å². The first-order valence-corrected chi connectivity index (χ1v) is 9.66. The predicted molar refractivity (Wildman–Crippen MR) is 116 cm³/mol. The fourth-order valence-corrected chi connectivity index (χ4v) is 2.46. The summed E-state index contributed by atoms with van der Waals surface area (Å²) in [5.74, 6) is -1.69. The number of carboxylic acids is 2. The zero-order valence-corrected chi connectivity index (χ0v) is 17.9. The molecule has 0 radical (unpaired) electrons. The van der Waals surface area contributed by atoms with Gasteiger partial charge in [-0.05, 0) is 54.5 Å². The van der Waals surface area contributed by atoms with Crippen LogP contribution < -0.4 is 4.74 Å². The summed E-state index contributed by atoms with van der Waals surface area (Å²) in [6.07, 6.45) is 7.20. The minimum absolute atomic E-state index is 0.0728. The molecule has 2 aromatic rings. The van der Waals surface area contributed by atoms with E-state index in [1.807, 2.05) is 30.5 Å². The number of rotatable bonds is 9. The molecule has 168 valence electrons. The third-order valence-electron chi connectivity index (χ3n) is 3.79. The highest BCUT2D eigenvalue weighted by atomic mass is 16.5. The predicted octanol–water partition coefficient (Wildman–Crippen LogP) is 3.75. The van der Waals surface area contributed by atoms with Gasteiger partial charge in [-0.2, -0.15) is 0 Å². The number of aromatic amines is 1. The first-order valence-electron chi connectivity index (χ1n) is 9.66. The van der Waals surface area contributed by atoms with E-state index in [1.54, 1.807) is 6.33 Å². The van der Waals surface area contributed by atoms with Crippen LogP contribution in [-0.4, -0.2) is 49.6 Å². The molecule has 0 aliphatic heterocycles. The highest BCUT2D eigenvalue weighted by Crippen LogP contribution is 2.23. The number of oxime groups is 1. The molecule has 9 nitrogen and oxygen atoms in total. The lowest BCUT2D eigenvalue weighted by molar-refractivity contribution is -0.134. The van der Waals surface area contributed by atoms with Crippen LogP contribution in [-0.2, 0) is 16.0 Å². The number of nitrogens with zero attached hydrogens (tertiary/aromatic N) is 2. The molecule has 31 heavy (non-hydrogen) atoms. The van der Waals surface area contributed by atoms with Crippen LogP contribution in [0.4, 0.5) is 0 Å². The number of carboxylic acid groups (broad SMARTS) is 2. The first-order chi connectivity index (χ1) is 14.6. The summed E-state index contributed by atoms with van der Waals surface area (Å²) in [6, 6.07) is 7.70. The number of aryl methyl sites for hydroxylation is 1. The number of hydrogen-bond acceptors (Lipinski definition) is 6. The molecule has 0 spiro atoms. The van der Waals surface area contributed by atoms with Gasteiger partial charge in [0.2, 0.25) is 0 Å². The van der Waals surface area contributed by atoms with E-state index >= 15 is 0 Å². The molecule has 0 aliphatic carbocycles. The number of imidazole rings is 1. The van der Waals surface area contributed by atoms with E-state index in [9.17, 15) is 14.8 Å². The van der Waals surface area contributed by atoms with Gasteiger partial charge >= 0.3 is 11.9 Å². The minimum atomic E-state index is -1.26. The summed E-state index contributed by atoms with van der Waals surface area (Å²) in [7, 11) is 0. The van der Waals surface area contributed by atoms with Gasteiger partial charge in [0.15, 0.2) is 0 Å². The zero-order chi connectivity index (χ0) is 23.3. The maximum Gasteiger partial charge on any atom is 0.328 e. The molecule has 1 heterocycles. The Balaban J connectivity index is 0.000000512. The molecule has 2 rings (SSSR count). The fraction of sp³-hybridized carbons (Fsp3) is 0.364. The molecule has 9 heteroatoms. The number of nitrogens with one attached hydrogen (secondary N) is 1. The third-order valence-corrected chi connectivity index (χ3v) is 3.79. The summed E-state index contributed by atoms with van der Waals surface area (Å²) in [5.41, 5.74) is 2.81. The summed E-state index contributed by atoms with van der Waals surface area (Å²) >= 11 is 0. The zero-order valence-electron chi connectivity index (χ0n) is 17.9. The molecule has 0 atom stereocenters. The Labute approximate surface area is 181 Å². The van der Waals surface area contributed by atoms with Crippen molar-refractivity contribution in [3.63, 3.8) is 0 Å². The maximum absolute atomic E-state index is 9.55. The van der Waals surface area contributed by atoms with Gasteiger partial charge in [0.05, 0.1) is 18.6 Å². The molecule has 0 saturated heterocycles. The molecular formula is C22H29N3O6. The van der Waals surface area contributed by atoms with Crippen molar-refractivity contribution >= 4 is 17.7 Å². The van der Waals surface area contributed by atoms with E-state index in [0.717, 1.165) is 29.8 Å². The van der Waals surface area contributed by atoms with Crippen LogP contribution in [0.15, 0.2) is 54.1 Å². The Morgan fingerprint density at radius 1 is 1.13 bits per heavy atom. The van der Waals surface area contributed by atoms with Crippen LogP contribution in [0, 0.1) is 5.41 Å². The van der Waals surface area contributed by atoms with Gasteiger partial charge in [-0.15, -0.1) is 0 Å². The summed E-state index contributed by atoms with van der Waals surface area (Å²) in [4.78, 5) is 26.2. The number of H-pyrrole nitrogens is 1. The second-order valence-corrected chi connectivity index (χ2v) is 7.85. The lowest BCUT2D eigenvalue weighted by Gasteiger charge is -2.18. The summed E-state index contributed by atoms with van der Waals surface area (Å²) in [6.45, 7) is 7.02. The van der Waals surface area contributed by atoms with Crippen LogP contribution in [0.25, 0.3) is 0 Å². The van der Waals surface area contributed by atoms with Crippen LogP contribution in [0.1, 0.15) is 44.9 Å². The van der Waals surface area contributed by atoms with Crippen molar-refractivity contribution in [2.24, 2.45) is 10.6 Å². The molecule has 4 N–H and O–H groups in total. The van der Waals surface area contributed by atoms with Gasteiger partial charge in [-0.1, -0.05) is 25.9 Å². The fourth-order valence-electron chi connectivity index (χ4n) is 2.46. The number of carbonyl (C=O) groups is 2. The van der Waals surface area contributed by atoms with E-state index in [4.69, 9.17) is 14.9 Å². The van der Waals surface area contributed by atoms with Gasteiger partial charge < -0.3 is 25.1 Å². The lowest BCUT2D eigenvalue weighted by atomic mass is 9.87. The van der Waals surface area contributed by atoms with E-state index in [-0.39, 0.29) is 5.41 Å². The quantitative estimate of drug-likeness (QED) is 0.155. The number of hydrogen-bond donors (Lipinski definition) is 4. The third kappa shape index (κ3) is 11.8. The molecule has 0 bridgehead atoms. The van der Waals surface area contributed by atoms with E-state index in [2.05, 4.69) is 35.9 Å². The molecule has 0 aliphatic rings. The lowest BCUT2D eigenvalue weighted by Crippen LogP contribution is -2.14. The van der Waals surface area contributed by atoms with Crippen LogP contribution in [0.5, 0.6) is 5.75 Å². The normalized spacial score (nSPS) is 11.6. The largest absolute Gasteiger partial charge is 0.494 e. The molecule has 1 aromatic heterocycles. The van der Waals surface area contributed by atoms with Gasteiger partial charge in [-0.25, -0.2) is 14.6 Å².